The Morgan fingerprint density at radius 3 is 2.32 bits per heavy atom. The van der Waals surface area contributed by atoms with Crippen LogP contribution in [0, 0.1) is 5.41 Å². The van der Waals surface area contributed by atoms with Crippen molar-refractivity contribution in [3.8, 4) is 17.2 Å². The third-order valence-corrected chi connectivity index (χ3v) is 6.64. The van der Waals surface area contributed by atoms with Gasteiger partial charge in [0, 0.05) is 28.5 Å². The summed E-state index contributed by atoms with van der Waals surface area (Å²) in [7, 11) is -4.49. The van der Waals surface area contributed by atoms with E-state index < -0.39 is 25.8 Å². The molecule has 198 valence electrons. The van der Waals surface area contributed by atoms with Gasteiger partial charge in [-0.05, 0) is 71.0 Å². The smallest absolute Gasteiger partial charge is 0.775 e. The monoisotopic (exact) mass is 570 g/mol. The van der Waals surface area contributed by atoms with E-state index in [2.05, 4.69) is 10.3 Å². The maximum atomic E-state index is 12.7. The summed E-state index contributed by atoms with van der Waals surface area (Å²) in [6.07, 6.45) is 1.44. The van der Waals surface area contributed by atoms with E-state index in [-0.39, 0.29) is 46.9 Å². The second kappa shape index (κ2) is 13.7. The number of aromatic nitrogens is 1. The molecule has 0 radical (unpaired) electrons. The molecule has 38 heavy (non-hydrogen) atoms. The van der Waals surface area contributed by atoms with E-state index in [1.165, 1.54) is 41.7 Å². The van der Waals surface area contributed by atoms with Gasteiger partial charge in [-0.25, -0.2) is 4.98 Å². The van der Waals surface area contributed by atoms with Crippen LogP contribution in [0.5, 0.6) is 17.2 Å². The Hall–Kier alpha value is -2.24. The number of rotatable bonds is 10. The number of hydrogen-bond acceptors (Lipinski definition) is 10. The summed E-state index contributed by atoms with van der Waals surface area (Å²) in [5.74, 6) is 0.0815. The maximum absolute atomic E-state index is 12.7. The van der Waals surface area contributed by atoms with Gasteiger partial charge in [0.25, 0.3) is 5.91 Å². The number of esters is 1. The predicted molar refractivity (Wildman–Crippen MR) is 138 cm³/mol. The van der Waals surface area contributed by atoms with Crippen molar-refractivity contribution in [3.05, 3.63) is 59.6 Å². The fourth-order valence-corrected chi connectivity index (χ4v) is 4.21. The van der Waals surface area contributed by atoms with E-state index in [4.69, 9.17) is 18.7 Å². The van der Waals surface area contributed by atoms with Crippen molar-refractivity contribution in [2.45, 2.75) is 40.7 Å². The molecule has 0 fully saturated rings. The summed E-state index contributed by atoms with van der Waals surface area (Å²) < 4.78 is 33.8. The normalized spacial score (nSPS) is 12.7. The first-order valence-corrected chi connectivity index (χ1v) is 13.7. The second-order valence-corrected chi connectivity index (χ2v) is 11.8. The van der Waals surface area contributed by atoms with Gasteiger partial charge in [-0.2, -0.15) is 0 Å². The number of thiazole rings is 1. The number of benzene rings is 2. The molecule has 1 heterocycles. The van der Waals surface area contributed by atoms with Crippen LogP contribution in [0.4, 0.5) is 5.13 Å². The zero-order chi connectivity index (χ0) is 27.2. The molecular weight excluding hydrogens is 542 g/mol. The summed E-state index contributed by atoms with van der Waals surface area (Å²) in [5, 5.41) is 4.79. The van der Waals surface area contributed by atoms with E-state index in [1.807, 2.05) is 13.8 Å². The molecule has 0 aliphatic carbocycles. The molecule has 0 saturated heterocycles. The van der Waals surface area contributed by atoms with Gasteiger partial charge in [0.1, 0.15) is 17.2 Å². The van der Waals surface area contributed by atoms with Crippen molar-refractivity contribution in [2.24, 2.45) is 5.41 Å². The summed E-state index contributed by atoms with van der Waals surface area (Å²) >= 11 is 1.29. The molecule has 1 amide bonds. The molecule has 1 aromatic heterocycles. The summed E-state index contributed by atoms with van der Waals surface area (Å²) in [5.41, 5.74) is -0.490. The molecule has 0 saturated carbocycles. The molecule has 0 aliphatic heterocycles. The minimum absolute atomic E-state index is 0. The molecule has 1 N–H and O–H groups in total. The number of hydrogen-bond donors (Lipinski definition) is 1. The van der Waals surface area contributed by atoms with Crippen molar-refractivity contribution < 1.29 is 67.3 Å². The first kappa shape index (κ1) is 32.0. The standard InChI is InChI=1S/C25H29N2O8PS.Na/c1-16(2)34-19-12-17(22(28)27-24-26-10-11-37-24)13-20(14-19)35-18-6-8-21(9-7-18)36(30,31)33-15-32-23(29)25(3,4)5;/h6-14,16H,15H2,1-5H3,(H,30,31)(H,26,27,28);/q;+1/p-1. The second-order valence-electron chi connectivity index (χ2n) is 9.17. The molecule has 3 aromatic rings. The van der Waals surface area contributed by atoms with E-state index >= 15 is 0 Å². The Kier molecular flexibility index (Phi) is 11.5. The Labute approximate surface area is 247 Å². The number of anilines is 1. The van der Waals surface area contributed by atoms with Crippen molar-refractivity contribution in [1.82, 2.24) is 4.98 Å². The number of carbonyl (C=O) groups is 2. The van der Waals surface area contributed by atoms with Gasteiger partial charge >= 0.3 is 35.5 Å². The number of ether oxygens (including phenoxy) is 3. The molecule has 10 nitrogen and oxygen atoms in total. The van der Waals surface area contributed by atoms with Crippen LogP contribution in [-0.2, 0) is 18.6 Å². The Morgan fingerprint density at radius 2 is 1.74 bits per heavy atom. The van der Waals surface area contributed by atoms with E-state index in [1.54, 1.807) is 44.5 Å². The van der Waals surface area contributed by atoms with E-state index in [9.17, 15) is 19.0 Å². The quantitative estimate of drug-likeness (QED) is 0.167. The topological polar surface area (TPSA) is 136 Å². The molecule has 13 heteroatoms. The van der Waals surface area contributed by atoms with Gasteiger partial charge in [-0.3, -0.25) is 19.4 Å². The number of amides is 1. The Balaban J connectivity index is 0.00000507. The van der Waals surface area contributed by atoms with Gasteiger partial charge in [-0.1, -0.05) is 0 Å². The van der Waals surface area contributed by atoms with Crippen molar-refractivity contribution in [2.75, 3.05) is 12.1 Å². The van der Waals surface area contributed by atoms with Crippen LogP contribution in [0.3, 0.4) is 0 Å². The van der Waals surface area contributed by atoms with Crippen molar-refractivity contribution >= 4 is 41.2 Å². The molecule has 2 aromatic carbocycles. The van der Waals surface area contributed by atoms with Crippen LogP contribution in [-0.4, -0.2) is 29.8 Å². The number of carbonyl (C=O) groups excluding carboxylic acids is 2. The minimum atomic E-state index is -4.49. The first-order chi connectivity index (χ1) is 17.3. The van der Waals surface area contributed by atoms with Crippen molar-refractivity contribution in [1.29, 1.82) is 0 Å². The van der Waals surface area contributed by atoms with Crippen LogP contribution in [0.15, 0.2) is 54.0 Å². The summed E-state index contributed by atoms with van der Waals surface area (Å²) in [4.78, 5) is 41.0. The first-order valence-electron chi connectivity index (χ1n) is 11.3. The summed E-state index contributed by atoms with van der Waals surface area (Å²) in [6.45, 7) is 7.93. The minimum Gasteiger partial charge on any atom is -0.775 e. The van der Waals surface area contributed by atoms with E-state index in [0.717, 1.165) is 0 Å². The zero-order valence-electron chi connectivity index (χ0n) is 22.0. The summed E-state index contributed by atoms with van der Waals surface area (Å²) in [6, 6.07) is 10.2. The van der Waals surface area contributed by atoms with Gasteiger partial charge in [-0.15, -0.1) is 11.3 Å². The molecule has 0 bridgehead atoms. The average molecular weight is 571 g/mol. The maximum Gasteiger partial charge on any atom is 1.00 e. The molecule has 1 unspecified atom stereocenters. The predicted octanol–water partition coefficient (Wildman–Crippen LogP) is 1.72. The zero-order valence-corrected chi connectivity index (χ0v) is 25.8. The molecule has 0 aliphatic rings. The third kappa shape index (κ3) is 9.50. The van der Waals surface area contributed by atoms with E-state index in [0.29, 0.717) is 27.9 Å². The average Bonchev–Trinajstić information content (AvgIpc) is 3.31. The number of nitrogens with zero attached hydrogens (tertiary/aromatic N) is 1. The molecule has 0 spiro atoms. The third-order valence-electron chi connectivity index (χ3n) is 4.58. The van der Waals surface area contributed by atoms with Gasteiger partial charge in [0.15, 0.2) is 19.5 Å². The van der Waals surface area contributed by atoms with Crippen molar-refractivity contribution in [3.63, 3.8) is 0 Å². The molecular formula is C25H28N2NaO8PS. The van der Waals surface area contributed by atoms with Gasteiger partial charge in [0.05, 0.1) is 11.5 Å². The fraction of sp³-hybridized carbons (Fsp3) is 0.320. The Bertz CT molecular complexity index is 1280. The fourth-order valence-electron chi connectivity index (χ4n) is 2.83. The van der Waals surface area contributed by atoms with Gasteiger partial charge < -0.3 is 23.7 Å². The van der Waals surface area contributed by atoms with Crippen LogP contribution >= 0.6 is 18.9 Å². The van der Waals surface area contributed by atoms with Crippen LogP contribution in [0.1, 0.15) is 45.0 Å². The number of nitrogens with one attached hydrogen (secondary N) is 1. The largest absolute Gasteiger partial charge is 1.00 e. The van der Waals surface area contributed by atoms with Crippen LogP contribution in [0.25, 0.3) is 0 Å². The van der Waals surface area contributed by atoms with Crippen LogP contribution in [0.2, 0.25) is 0 Å². The molecule has 3 rings (SSSR count). The Morgan fingerprint density at radius 1 is 1.08 bits per heavy atom. The van der Waals surface area contributed by atoms with Crippen LogP contribution < -0.4 is 54.5 Å². The SMILES string of the molecule is CC(C)Oc1cc(Oc2ccc(P(=O)([O-])OCOC(=O)C(C)(C)C)cc2)cc(C(=O)Nc2nccs2)c1.[Na+]. The molecule has 1 atom stereocenters. The van der Waals surface area contributed by atoms with Gasteiger partial charge in [0.2, 0.25) is 0 Å².